The molecule has 2 aliphatic rings. The van der Waals surface area contributed by atoms with Gasteiger partial charge in [-0.05, 0) is 51.3 Å². The summed E-state index contributed by atoms with van der Waals surface area (Å²) in [5.74, 6) is 0.260. The van der Waals surface area contributed by atoms with E-state index < -0.39 is 0 Å². The van der Waals surface area contributed by atoms with Crippen molar-refractivity contribution >= 4 is 30.1 Å². The molecule has 0 radical (unpaired) electrons. The van der Waals surface area contributed by atoms with Crippen molar-refractivity contribution in [3.63, 3.8) is 0 Å². The third-order valence-electron chi connectivity index (χ3n) is 4.21. The first-order chi connectivity index (χ1) is 8.78. The smallest absolute Gasteiger partial charge is 0.220 e. The number of hydrogen-bond donors (Lipinski definition) is 2. The second-order valence-corrected chi connectivity index (χ2v) is 6.76. The molecule has 2 fully saturated rings. The molecule has 0 spiro atoms. The molecule has 1 saturated carbocycles. The summed E-state index contributed by atoms with van der Waals surface area (Å²) in [7, 11) is 0. The molecule has 1 aliphatic heterocycles. The zero-order valence-electron chi connectivity index (χ0n) is 11.8. The highest BCUT2D eigenvalue weighted by molar-refractivity contribution is 7.99. The molecular weight excluding hydrogens is 280 g/mol. The van der Waals surface area contributed by atoms with E-state index in [1.807, 2.05) is 11.8 Å². The van der Waals surface area contributed by atoms with E-state index in [0.29, 0.717) is 18.5 Å². The molecule has 3 nitrogen and oxygen atoms in total. The molecule has 2 N–H and O–H groups in total. The molecule has 1 aliphatic carbocycles. The Bertz CT molecular complexity index is 272. The van der Waals surface area contributed by atoms with Gasteiger partial charge < -0.3 is 10.6 Å². The van der Waals surface area contributed by atoms with Crippen LogP contribution >= 0.6 is 24.2 Å². The quantitative estimate of drug-likeness (QED) is 0.820. The summed E-state index contributed by atoms with van der Waals surface area (Å²) >= 11 is 1.95. The molecule has 3 unspecified atom stereocenters. The van der Waals surface area contributed by atoms with Crippen LogP contribution in [-0.2, 0) is 4.79 Å². The van der Waals surface area contributed by atoms with Gasteiger partial charge in [-0.25, -0.2) is 0 Å². The Morgan fingerprint density at radius 2 is 2.16 bits per heavy atom. The van der Waals surface area contributed by atoms with Gasteiger partial charge in [-0.15, -0.1) is 12.4 Å². The van der Waals surface area contributed by atoms with Gasteiger partial charge in [0.05, 0.1) is 0 Å². The van der Waals surface area contributed by atoms with Gasteiger partial charge in [0.15, 0.2) is 0 Å². The van der Waals surface area contributed by atoms with E-state index in [4.69, 9.17) is 0 Å². The predicted octanol–water partition coefficient (Wildman–Crippen LogP) is 2.73. The predicted molar refractivity (Wildman–Crippen MR) is 85.2 cm³/mol. The van der Waals surface area contributed by atoms with E-state index in [-0.39, 0.29) is 18.3 Å². The van der Waals surface area contributed by atoms with Crippen LogP contribution in [0.4, 0.5) is 0 Å². The summed E-state index contributed by atoms with van der Waals surface area (Å²) in [5.41, 5.74) is 0. The lowest BCUT2D eigenvalue weighted by Crippen LogP contribution is -2.39. The molecule has 0 aromatic heterocycles. The number of amides is 1. The first-order valence-corrected chi connectivity index (χ1v) is 8.62. The van der Waals surface area contributed by atoms with Crippen LogP contribution in [0, 0.1) is 0 Å². The van der Waals surface area contributed by atoms with Crippen molar-refractivity contribution in [2.75, 3.05) is 12.8 Å². The molecule has 0 aromatic rings. The number of thioether (sulfide) groups is 1. The van der Waals surface area contributed by atoms with Crippen LogP contribution in [-0.4, -0.2) is 36.0 Å². The van der Waals surface area contributed by atoms with Crippen molar-refractivity contribution in [2.24, 2.45) is 0 Å². The summed E-state index contributed by atoms with van der Waals surface area (Å²) in [5, 5.41) is 7.43. The highest BCUT2D eigenvalue weighted by atomic mass is 35.5. The number of hydrogen-bond acceptors (Lipinski definition) is 3. The van der Waals surface area contributed by atoms with E-state index in [1.165, 1.54) is 32.1 Å². The Labute approximate surface area is 127 Å². The molecule has 5 heteroatoms. The van der Waals surface area contributed by atoms with Gasteiger partial charge in [0.2, 0.25) is 5.91 Å². The zero-order chi connectivity index (χ0) is 12.8. The summed E-state index contributed by atoms with van der Waals surface area (Å²) in [6, 6.07) is 1.02. The fraction of sp³-hybridized carbons (Fsp3) is 0.929. The average Bonchev–Trinajstić information content (AvgIpc) is 2.90. The van der Waals surface area contributed by atoms with Gasteiger partial charge in [-0.3, -0.25) is 4.79 Å². The van der Waals surface area contributed by atoms with Crippen molar-refractivity contribution in [1.82, 2.24) is 10.6 Å². The van der Waals surface area contributed by atoms with Crippen LogP contribution < -0.4 is 10.6 Å². The second kappa shape index (κ2) is 9.09. The van der Waals surface area contributed by atoms with Gasteiger partial charge in [-0.1, -0.05) is 6.42 Å². The minimum atomic E-state index is 0. The Balaban J connectivity index is 0.00000180. The van der Waals surface area contributed by atoms with Gasteiger partial charge >= 0.3 is 0 Å². The second-order valence-electron chi connectivity index (χ2n) is 5.62. The molecule has 0 aromatic carbocycles. The highest BCUT2D eigenvalue weighted by Crippen LogP contribution is 2.26. The van der Waals surface area contributed by atoms with Crippen molar-refractivity contribution < 1.29 is 4.79 Å². The van der Waals surface area contributed by atoms with E-state index in [0.717, 1.165) is 24.6 Å². The summed E-state index contributed by atoms with van der Waals surface area (Å²) in [4.78, 5) is 11.9. The van der Waals surface area contributed by atoms with Crippen LogP contribution in [0.2, 0.25) is 0 Å². The number of rotatable bonds is 5. The number of halogens is 1. The third-order valence-corrected chi connectivity index (χ3v) is 5.30. The minimum absolute atomic E-state index is 0. The Morgan fingerprint density at radius 1 is 1.32 bits per heavy atom. The maximum atomic E-state index is 11.9. The Morgan fingerprint density at radius 3 is 2.84 bits per heavy atom. The molecule has 0 bridgehead atoms. The number of nitrogens with one attached hydrogen (secondary N) is 2. The molecule has 112 valence electrons. The topological polar surface area (TPSA) is 41.1 Å². The van der Waals surface area contributed by atoms with Gasteiger partial charge in [0, 0.05) is 23.8 Å². The van der Waals surface area contributed by atoms with E-state index in [1.54, 1.807) is 0 Å². The first kappa shape index (κ1) is 17.1. The van der Waals surface area contributed by atoms with Crippen LogP contribution in [0.1, 0.15) is 51.4 Å². The lowest BCUT2D eigenvalue weighted by Gasteiger charge is -2.28. The fourth-order valence-electron chi connectivity index (χ4n) is 3.10. The van der Waals surface area contributed by atoms with Crippen molar-refractivity contribution in [3.05, 3.63) is 0 Å². The first-order valence-electron chi connectivity index (χ1n) is 7.33. The van der Waals surface area contributed by atoms with Crippen LogP contribution in [0.15, 0.2) is 0 Å². The largest absolute Gasteiger partial charge is 0.353 e. The summed E-state index contributed by atoms with van der Waals surface area (Å²) < 4.78 is 0. The van der Waals surface area contributed by atoms with E-state index in [9.17, 15) is 4.79 Å². The monoisotopic (exact) mass is 306 g/mol. The SMILES string of the molecule is CSC1CCCC(NC(=O)CCC2CCCN2)C1.Cl. The normalized spacial score (nSPS) is 30.7. The maximum absolute atomic E-state index is 11.9. The summed E-state index contributed by atoms with van der Waals surface area (Å²) in [6.07, 6.45) is 11.3. The van der Waals surface area contributed by atoms with Crippen molar-refractivity contribution in [3.8, 4) is 0 Å². The lowest BCUT2D eigenvalue weighted by atomic mass is 9.94. The molecule has 19 heavy (non-hydrogen) atoms. The molecule has 2 rings (SSSR count). The standard InChI is InChI=1S/C14H26N2OS.ClH/c1-18-13-6-2-4-12(10-13)16-14(17)8-7-11-5-3-9-15-11;/h11-13,15H,2-10H2,1H3,(H,16,17);1H. The van der Waals surface area contributed by atoms with Crippen molar-refractivity contribution in [2.45, 2.75) is 68.7 Å². The molecule has 1 heterocycles. The maximum Gasteiger partial charge on any atom is 0.220 e. The van der Waals surface area contributed by atoms with E-state index >= 15 is 0 Å². The van der Waals surface area contributed by atoms with Gasteiger partial charge in [-0.2, -0.15) is 11.8 Å². The molecule has 1 saturated heterocycles. The fourth-order valence-corrected chi connectivity index (χ4v) is 3.93. The lowest BCUT2D eigenvalue weighted by molar-refractivity contribution is -0.122. The van der Waals surface area contributed by atoms with Gasteiger partial charge in [0.1, 0.15) is 0 Å². The Hall–Kier alpha value is 0.0700. The molecular formula is C14H27ClN2OS. The van der Waals surface area contributed by atoms with Gasteiger partial charge in [0.25, 0.3) is 0 Å². The molecule has 1 amide bonds. The van der Waals surface area contributed by atoms with Crippen LogP contribution in [0.3, 0.4) is 0 Å². The minimum Gasteiger partial charge on any atom is -0.353 e. The average molecular weight is 307 g/mol. The summed E-state index contributed by atoms with van der Waals surface area (Å²) in [6.45, 7) is 1.13. The van der Waals surface area contributed by atoms with Crippen LogP contribution in [0.25, 0.3) is 0 Å². The number of carbonyl (C=O) groups excluding carboxylic acids is 1. The zero-order valence-corrected chi connectivity index (χ0v) is 13.5. The van der Waals surface area contributed by atoms with Crippen LogP contribution in [0.5, 0.6) is 0 Å². The highest BCUT2D eigenvalue weighted by Gasteiger charge is 2.23. The number of carbonyl (C=O) groups is 1. The van der Waals surface area contributed by atoms with Crippen molar-refractivity contribution in [1.29, 1.82) is 0 Å². The Kier molecular flexibility index (Phi) is 8.19. The molecule has 3 atom stereocenters. The van der Waals surface area contributed by atoms with E-state index in [2.05, 4.69) is 16.9 Å². The third kappa shape index (κ3) is 5.92.